The number of nitrogens with one attached hydrogen (secondary N) is 2. The molecule has 8 heteroatoms. The van der Waals surface area contributed by atoms with E-state index in [1.54, 1.807) is 0 Å². The molecule has 3 rings (SSSR count). The highest BCUT2D eigenvalue weighted by Gasteiger charge is 2.49. The first-order valence-corrected chi connectivity index (χ1v) is 13.8. The highest BCUT2D eigenvalue weighted by Crippen LogP contribution is 2.37. The molecule has 0 radical (unpaired) electrons. The number of carbonyl (C=O) groups excluding carboxylic acids is 2. The van der Waals surface area contributed by atoms with Crippen LogP contribution >= 0.6 is 0 Å². The molecule has 0 bridgehead atoms. The van der Waals surface area contributed by atoms with Crippen molar-refractivity contribution in [3.63, 3.8) is 0 Å². The molecule has 2 unspecified atom stereocenters. The van der Waals surface area contributed by atoms with Crippen molar-refractivity contribution >= 4 is 11.9 Å². The number of hydrogen-bond acceptors (Lipinski definition) is 8. The third-order valence-corrected chi connectivity index (χ3v) is 8.04. The summed E-state index contributed by atoms with van der Waals surface area (Å²) < 4.78 is 23.0. The SMILES string of the molecule is CC1(C)CC(C(=O)OCCOC2CCC(OCCOC(=O)C3CC(C)(C)NC3(C)C)CC2)C(C)(C)N1. The quantitative estimate of drug-likeness (QED) is 0.339. The Bertz CT molecular complexity index is 706. The summed E-state index contributed by atoms with van der Waals surface area (Å²) in [4.78, 5) is 25.2. The predicted molar refractivity (Wildman–Crippen MR) is 139 cm³/mol. The van der Waals surface area contributed by atoms with Gasteiger partial charge in [0.25, 0.3) is 0 Å². The zero-order valence-corrected chi connectivity index (χ0v) is 23.8. The minimum atomic E-state index is -0.265. The first-order chi connectivity index (χ1) is 16.6. The fraction of sp³-hybridized carbons (Fsp3) is 0.929. The summed E-state index contributed by atoms with van der Waals surface area (Å²) in [5, 5.41) is 7.04. The van der Waals surface area contributed by atoms with E-state index in [4.69, 9.17) is 18.9 Å². The van der Waals surface area contributed by atoms with Crippen LogP contribution in [0.15, 0.2) is 0 Å². The Morgan fingerprint density at radius 2 is 0.944 bits per heavy atom. The molecule has 0 spiro atoms. The van der Waals surface area contributed by atoms with Crippen molar-refractivity contribution < 1.29 is 28.5 Å². The van der Waals surface area contributed by atoms with Crippen molar-refractivity contribution in [3.8, 4) is 0 Å². The van der Waals surface area contributed by atoms with E-state index in [1.807, 2.05) is 0 Å². The lowest BCUT2D eigenvalue weighted by Gasteiger charge is -2.29. The number of rotatable bonds is 10. The van der Waals surface area contributed by atoms with Gasteiger partial charge in [-0.1, -0.05) is 0 Å². The van der Waals surface area contributed by atoms with Gasteiger partial charge in [0, 0.05) is 22.2 Å². The monoisotopic (exact) mass is 510 g/mol. The molecule has 8 nitrogen and oxygen atoms in total. The third kappa shape index (κ3) is 7.89. The van der Waals surface area contributed by atoms with Crippen molar-refractivity contribution in [2.75, 3.05) is 26.4 Å². The molecule has 2 heterocycles. The third-order valence-electron chi connectivity index (χ3n) is 8.04. The van der Waals surface area contributed by atoms with E-state index in [0.717, 1.165) is 38.5 Å². The first-order valence-electron chi connectivity index (χ1n) is 13.8. The lowest BCUT2D eigenvalue weighted by molar-refractivity contribution is -0.154. The number of esters is 2. The van der Waals surface area contributed by atoms with E-state index >= 15 is 0 Å². The summed E-state index contributed by atoms with van der Waals surface area (Å²) in [6.07, 6.45) is 5.57. The van der Waals surface area contributed by atoms with Crippen molar-refractivity contribution in [1.29, 1.82) is 0 Å². The number of ether oxygens (including phenoxy) is 4. The van der Waals surface area contributed by atoms with Gasteiger partial charge >= 0.3 is 11.9 Å². The molecule has 2 N–H and O–H groups in total. The smallest absolute Gasteiger partial charge is 0.310 e. The average Bonchev–Trinajstić information content (AvgIpc) is 3.13. The molecule has 3 fully saturated rings. The Hall–Kier alpha value is -1.22. The molecule has 1 aliphatic carbocycles. The predicted octanol–water partition coefficient (Wildman–Crippen LogP) is 3.75. The Kier molecular flexibility index (Phi) is 9.18. The van der Waals surface area contributed by atoms with Crippen LogP contribution in [-0.2, 0) is 28.5 Å². The number of carbonyl (C=O) groups is 2. The van der Waals surface area contributed by atoms with Gasteiger partial charge in [-0.3, -0.25) is 9.59 Å². The molecule has 0 aromatic carbocycles. The normalized spacial score (nSPS) is 32.2. The lowest BCUT2D eigenvalue weighted by Crippen LogP contribution is -2.46. The fourth-order valence-corrected chi connectivity index (χ4v) is 6.59. The minimum Gasteiger partial charge on any atom is -0.463 e. The lowest BCUT2D eigenvalue weighted by atomic mass is 9.87. The second-order valence-electron chi connectivity index (χ2n) is 13.4. The van der Waals surface area contributed by atoms with Crippen LogP contribution < -0.4 is 10.6 Å². The van der Waals surface area contributed by atoms with E-state index in [9.17, 15) is 9.59 Å². The van der Waals surface area contributed by atoms with E-state index in [0.29, 0.717) is 13.2 Å². The van der Waals surface area contributed by atoms with E-state index in [-0.39, 0.29) is 71.4 Å². The van der Waals surface area contributed by atoms with Crippen molar-refractivity contribution in [3.05, 3.63) is 0 Å². The van der Waals surface area contributed by atoms with Crippen molar-refractivity contribution in [1.82, 2.24) is 10.6 Å². The summed E-state index contributed by atoms with van der Waals surface area (Å²) in [7, 11) is 0. The Balaban J connectivity index is 1.24. The van der Waals surface area contributed by atoms with E-state index < -0.39 is 0 Å². The van der Waals surface area contributed by atoms with Gasteiger partial charge in [-0.2, -0.15) is 0 Å². The Morgan fingerprint density at radius 3 is 1.22 bits per heavy atom. The molecular formula is C28H50N2O6. The van der Waals surface area contributed by atoms with Gasteiger partial charge in [0.2, 0.25) is 0 Å². The maximum absolute atomic E-state index is 12.6. The van der Waals surface area contributed by atoms with Crippen LogP contribution in [0.1, 0.15) is 93.9 Å². The highest BCUT2D eigenvalue weighted by molar-refractivity contribution is 5.75. The summed E-state index contributed by atoms with van der Waals surface area (Å²) >= 11 is 0. The molecule has 2 aliphatic heterocycles. The van der Waals surface area contributed by atoms with Crippen LogP contribution in [0.3, 0.4) is 0 Å². The molecule has 2 atom stereocenters. The summed E-state index contributed by atoms with van der Waals surface area (Å²) in [6.45, 7) is 18.1. The Labute approximate surface area is 217 Å². The zero-order chi connectivity index (χ0) is 26.8. The van der Waals surface area contributed by atoms with Gasteiger partial charge in [-0.15, -0.1) is 0 Å². The van der Waals surface area contributed by atoms with Crippen LogP contribution in [0.5, 0.6) is 0 Å². The zero-order valence-electron chi connectivity index (χ0n) is 23.8. The standard InChI is InChI=1S/C28H50N2O6/c1-25(2)17-21(27(5,6)29-25)23(31)35-15-13-33-19-9-11-20(12-10-19)34-14-16-36-24(32)22-18-26(3,4)30-28(22,7)8/h19-22,29-30H,9-18H2,1-8H3. The molecule has 0 aromatic heterocycles. The fourth-order valence-electron chi connectivity index (χ4n) is 6.59. The Morgan fingerprint density at radius 1 is 0.611 bits per heavy atom. The molecule has 208 valence electrons. The maximum atomic E-state index is 12.6. The average molecular weight is 511 g/mol. The van der Waals surface area contributed by atoms with Gasteiger partial charge < -0.3 is 29.6 Å². The van der Waals surface area contributed by atoms with Crippen LogP contribution in [0.4, 0.5) is 0 Å². The summed E-state index contributed by atoms with van der Waals surface area (Å²) in [5.41, 5.74) is -0.653. The van der Waals surface area contributed by atoms with Crippen LogP contribution in [0.2, 0.25) is 0 Å². The van der Waals surface area contributed by atoms with Crippen LogP contribution in [0, 0.1) is 11.8 Å². The van der Waals surface area contributed by atoms with Crippen LogP contribution in [0.25, 0.3) is 0 Å². The largest absolute Gasteiger partial charge is 0.463 e. The van der Waals surface area contributed by atoms with Gasteiger partial charge in [0.05, 0.1) is 37.3 Å². The molecule has 1 saturated carbocycles. The van der Waals surface area contributed by atoms with Gasteiger partial charge in [-0.05, 0) is 93.9 Å². The summed E-state index contributed by atoms with van der Waals surface area (Å²) in [6, 6.07) is 0. The van der Waals surface area contributed by atoms with Gasteiger partial charge in [0.1, 0.15) is 13.2 Å². The minimum absolute atomic E-state index is 0.0619. The molecule has 0 aromatic rings. The van der Waals surface area contributed by atoms with Gasteiger partial charge in [-0.25, -0.2) is 0 Å². The van der Waals surface area contributed by atoms with Crippen molar-refractivity contribution in [2.24, 2.45) is 11.8 Å². The molecule has 2 saturated heterocycles. The maximum Gasteiger partial charge on any atom is 0.310 e. The number of hydrogen-bond donors (Lipinski definition) is 2. The highest BCUT2D eigenvalue weighted by atomic mass is 16.6. The van der Waals surface area contributed by atoms with E-state index in [2.05, 4.69) is 66.0 Å². The molecule has 36 heavy (non-hydrogen) atoms. The van der Waals surface area contributed by atoms with Gasteiger partial charge in [0.15, 0.2) is 0 Å². The van der Waals surface area contributed by atoms with Crippen molar-refractivity contribution in [2.45, 2.75) is 128 Å². The summed E-state index contributed by atoms with van der Waals surface area (Å²) in [5.74, 6) is -0.577. The second kappa shape index (κ2) is 11.3. The van der Waals surface area contributed by atoms with E-state index in [1.165, 1.54) is 0 Å². The molecule has 0 amide bonds. The topological polar surface area (TPSA) is 95.1 Å². The first kappa shape index (κ1) is 29.3. The van der Waals surface area contributed by atoms with Crippen LogP contribution in [-0.4, -0.2) is 72.7 Å². The molecule has 3 aliphatic rings. The molecular weight excluding hydrogens is 460 g/mol. The second-order valence-corrected chi connectivity index (χ2v) is 13.4.